The fourth-order valence-corrected chi connectivity index (χ4v) is 7.95. The molecule has 27 heavy (non-hydrogen) atoms. The van der Waals surface area contributed by atoms with Crippen LogP contribution in [0, 0.1) is 28.1 Å². The topological polar surface area (TPSA) is 0 Å². The second-order valence-corrected chi connectivity index (χ2v) is 11.3. The van der Waals surface area contributed by atoms with Crippen molar-refractivity contribution in [2.24, 2.45) is 28.1 Å². The summed E-state index contributed by atoms with van der Waals surface area (Å²) in [5.41, 5.74) is 2.97. The number of benzene rings is 1. The zero-order valence-corrected chi connectivity index (χ0v) is 18.3. The highest BCUT2D eigenvalue weighted by atomic mass is 32.2. The van der Waals surface area contributed by atoms with Crippen molar-refractivity contribution in [2.75, 3.05) is 5.75 Å². The minimum atomic E-state index is 0.232. The van der Waals surface area contributed by atoms with E-state index in [0.717, 1.165) is 11.8 Å². The summed E-state index contributed by atoms with van der Waals surface area (Å²) < 4.78 is 0. The fraction of sp³-hybridized carbons (Fsp3) is 0.615. The van der Waals surface area contributed by atoms with Gasteiger partial charge in [-0.25, -0.2) is 0 Å². The van der Waals surface area contributed by atoms with Gasteiger partial charge in [0.25, 0.3) is 0 Å². The van der Waals surface area contributed by atoms with Crippen LogP contribution in [0.1, 0.15) is 65.7 Å². The zero-order chi connectivity index (χ0) is 19.1. The van der Waals surface area contributed by atoms with E-state index in [1.807, 2.05) is 0 Å². The van der Waals surface area contributed by atoms with Gasteiger partial charge in [0.15, 0.2) is 0 Å². The van der Waals surface area contributed by atoms with Gasteiger partial charge >= 0.3 is 0 Å². The molecule has 0 spiro atoms. The van der Waals surface area contributed by atoms with E-state index in [1.165, 1.54) is 55.6 Å². The Kier molecular flexibility index (Phi) is 5.12. The summed E-state index contributed by atoms with van der Waals surface area (Å²) in [4.78, 5) is 1.43. The van der Waals surface area contributed by atoms with Gasteiger partial charge in [0.05, 0.1) is 0 Å². The summed E-state index contributed by atoms with van der Waals surface area (Å²) in [6.45, 7) is 11.8. The lowest BCUT2D eigenvalue weighted by Gasteiger charge is -2.60. The molecule has 4 rings (SSSR count). The molecule has 0 heterocycles. The molecule has 0 aromatic heterocycles. The average molecular weight is 381 g/mol. The maximum atomic E-state index is 4.12. The maximum absolute atomic E-state index is 4.12. The predicted molar refractivity (Wildman–Crippen MR) is 119 cm³/mol. The monoisotopic (exact) mass is 380 g/mol. The third-order valence-electron chi connectivity index (χ3n) is 8.33. The second-order valence-electron chi connectivity index (χ2n) is 10.2. The van der Waals surface area contributed by atoms with Gasteiger partial charge in [-0.2, -0.15) is 0 Å². The van der Waals surface area contributed by atoms with Gasteiger partial charge in [0.2, 0.25) is 0 Å². The quantitative estimate of drug-likeness (QED) is 0.377. The molecular formula is C26H36S. The number of hydrogen-bond donors (Lipinski definition) is 0. The van der Waals surface area contributed by atoms with Crippen molar-refractivity contribution in [3.05, 3.63) is 54.6 Å². The minimum Gasteiger partial charge on any atom is -0.126 e. The molecule has 3 aliphatic rings. The van der Waals surface area contributed by atoms with E-state index in [0.29, 0.717) is 10.8 Å². The van der Waals surface area contributed by atoms with E-state index >= 15 is 0 Å². The Labute approximate surface area is 170 Å². The van der Waals surface area contributed by atoms with E-state index in [4.69, 9.17) is 0 Å². The van der Waals surface area contributed by atoms with Gasteiger partial charge in [0.1, 0.15) is 0 Å². The third-order valence-corrected chi connectivity index (χ3v) is 9.74. The van der Waals surface area contributed by atoms with E-state index in [1.54, 1.807) is 5.57 Å². The van der Waals surface area contributed by atoms with Crippen LogP contribution in [-0.4, -0.2) is 5.75 Å². The zero-order valence-electron chi connectivity index (χ0n) is 17.5. The maximum Gasteiger partial charge on any atom is 0.00721 e. The van der Waals surface area contributed by atoms with Crippen molar-refractivity contribution < 1.29 is 0 Å². The molecule has 5 atom stereocenters. The Morgan fingerprint density at radius 1 is 1.07 bits per heavy atom. The first kappa shape index (κ1) is 19.4. The van der Waals surface area contributed by atoms with Gasteiger partial charge in [-0.3, -0.25) is 0 Å². The van der Waals surface area contributed by atoms with Crippen LogP contribution < -0.4 is 0 Å². The Morgan fingerprint density at radius 3 is 2.59 bits per heavy atom. The summed E-state index contributed by atoms with van der Waals surface area (Å²) >= 11 is 2.09. The average Bonchev–Trinajstić information content (AvgIpc) is 2.67. The molecule has 1 aromatic rings. The largest absolute Gasteiger partial charge is 0.126 e. The highest BCUT2D eigenvalue weighted by molar-refractivity contribution is 7.99. The van der Waals surface area contributed by atoms with Gasteiger partial charge in [-0.05, 0) is 73.3 Å². The standard InChI is InChI=1S/C26H36S/c1-5-24(2)17-14-22-20(18-24)12-13-23-25(3,15-9-16-26(22,23)4)19-27-21-10-7-6-8-11-21/h5-8,10-11,18,22-23H,1,9,12-17,19H2,2-4H3/t22-,23?,24-,25-,26+/m0/s1. The number of hydrogen-bond acceptors (Lipinski definition) is 1. The molecule has 3 aliphatic carbocycles. The van der Waals surface area contributed by atoms with Crippen LogP contribution in [0.5, 0.6) is 0 Å². The van der Waals surface area contributed by atoms with Gasteiger partial charge < -0.3 is 0 Å². The van der Waals surface area contributed by atoms with Crippen LogP contribution in [0.25, 0.3) is 0 Å². The molecule has 0 amide bonds. The summed E-state index contributed by atoms with van der Waals surface area (Å²) in [7, 11) is 0. The summed E-state index contributed by atoms with van der Waals surface area (Å²) in [5.74, 6) is 2.95. The number of rotatable bonds is 4. The second kappa shape index (κ2) is 7.14. The van der Waals surface area contributed by atoms with Crippen LogP contribution in [0.15, 0.2) is 59.5 Å². The van der Waals surface area contributed by atoms with Crippen LogP contribution >= 0.6 is 11.8 Å². The summed E-state index contributed by atoms with van der Waals surface area (Å²) in [5, 5.41) is 0. The van der Waals surface area contributed by atoms with Crippen molar-refractivity contribution >= 4 is 11.8 Å². The number of fused-ring (bicyclic) bond motifs is 3. The first-order valence-corrected chi connectivity index (χ1v) is 11.9. The van der Waals surface area contributed by atoms with E-state index in [2.05, 4.69) is 81.6 Å². The van der Waals surface area contributed by atoms with E-state index < -0.39 is 0 Å². The minimum absolute atomic E-state index is 0.232. The molecule has 1 unspecified atom stereocenters. The molecule has 146 valence electrons. The Morgan fingerprint density at radius 2 is 1.85 bits per heavy atom. The van der Waals surface area contributed by atoms with Crippen molar-refractivity contribution in [3.63, 3.8) is 0 Å². The Bertz CT molecular complexity index is 719. The SMILES string of the molecule is C=C[C@]1(C)C=C2CCC3[C@](C)(CSc4ccccc4)CCC[C@]3(C)[C@H]2CC1. The number of thioether (sulfide) groups is 1. The first-order chi connectivity index (χ1) is 12.9. The van der Waals surface area contributed by atoms with Crippen molar-refractivity contribution in [3.8, 4) is 0 Å². The molecule has 1 aromatic carbocycles. The molecule has 0 N–H and O–H groups in total. The molecule has 0 saturated heterocycles. The number of allylic oxidation sites excluding steroid dienone is 3. The van der Waals surface area contributed by atoms with Crippen LogP contribution in [0.2, 0.25) is 0 Å². The lowest BCUT2D eigenvalue weighted by Crippen LogP contribution is -2.52. The Balaban J connectivity index is 1.57. The van der Waals surface area contributed by atoms with E-state index in [9.17, 15) is 0 Å². The predicted octanol–water partition coefficient (Wildman–Crippen LogP) is 7.91. The van der Waals surface area contributed by atoms with Crippen LogP contribution in [0.4, 0.5) is 0 Å². The first-order valence-electron chi connectivity index (χ1n) is 10.9. The molecule has 2 saturated carbocycles. The van der Waals surface area contributed by atoms with Gasteiger partial charge in [0, 0.05) is 16.1 Å². The van der Waals surface area contributed by atoms with Gasteiger partial charge in [-0.15, -0.1) is 18.3 Å². The van der Waals surface area contributed by atoms with Crippen molar-refractivity contribution in [1.29, 1.82) is 0 Å². The van der Waals surface area contributed by atoms with Crippen molar-refractivity contribution in [1.82, 2.24) is 0 Å². The molecule has 0 aliphatic heterocycles. The Hall–Kier alpha value is -0.950. The summed E-state index contributed by atoms with van der Waals surface area (Å²) in [6, 6.07) is 11.0. The fourth-order valence-electron chi connectivity index (χ4n) is 6.76. The van der Waals surface area contributed by atoms with Gasteiger partial charge in [-0.1, -0.05) is 63.1 Å². The van der Waals surface area contributed by atoms with Crippen LogP contribution in [-0.2, 0) is 0 Å². The third kappa shape index (κ3) is 3.46. The summed E-state index contributed by atoms with van der Waals surface area (Å²) in [6.07, 6.45) is 14.4. The van der Waals surface area contributed by atoms with E-state index in [-0.39, 0.29) is 5.41 Å². The van der Waals surface area contributed by atoms with Crippen LogP contribution in [0.3, 0.4) is 0 Å². The molecule has 1 heteroatoms. The molecule has 0 bridgehead atoms. The molecular weight excluding hydrogens is 344 g/mol. The lowest BCUT2D eigenvalue weighted by atomic mass is 9.45. The lowest BCUT2D eigenvalue weighted by molar-refractivity contribution is -0.0564. The highest BCUT2D eigenvalue weighted by Gasteiger charge is 2.55. The normalized spacial score (nSPS) is 41.2. The molecule has 0 nitrogen and oxygen atoms in total. The molecule has 0 radical (unpaired) electrons. The highest BCUT2D eigenvalue weighted by Crippen LogP contribution is 2.64. The van der Waals surface area contributed by atoms with Crippen molar-refractivity contribution in [2.45, 2.75) is 70.6 Å². The smallest absolute Gasteiger partial charge is 0.00721 e. The molecule has 2 fully saturated rings.